The smallest absolute Gasteiger partial charge is 0.336 e. The zero-order chi connectivity index (χ0) is 13.1. The first-order valence-electron chi connectivity index (χ1n) is 5.01. The number of hydrogen-bond acceptors (Lipinski definition) is 3. The maximum Gasteiger partial charge on any atom is 0.336 e. The minimum atomic E-state index is -1.07. The number of benzene rings is 1. The Morgan fingerprint density at radius 2 is 2.00 bits per heavy atom. The molecule has 0 saturated carbocycles. The fourth-order valence-corrected chi connectivity index (χ4v) is 1.72. The Kier molecular flexibility index (Phi) is 3.26. The molecule has 0 atom stereocenters. The lowest BCUT2D eigenvalue weighted by atomic mass is 10.0. The van der Waals surface area contributed by atoms with Crippen LogP contribution in [0.5, 0.6) is 0 Å². The highest BCUT2D eigenvalue weighted by Crippen LogP contribution is 2.25. The second kappa shape index (κ2) is 4.86. The number of halogens is 1. The number of carbonyl (C=O) groups is 1. The minimum Gasteiger partial charge on any atom is -0.478 e. The van der Waals surface area contributed by atoms with Gasteiger partial charge in [-0.1, -0.05) is 23.7 Å². The summed E-state index contributed by atoms with van der Waals surface area (Å²) in [6.07, 6.45) is 1.41. The van der Waals surface area contributed by atoms with Crippen LogP contribution in [-0.2, 0) is 0 Å². The van der Waals surface area contributed by atoms with Crippen molar-refractivity contribution in [2.24, 2.45) is 0 Å². The quantitative estimate of drug-likeness (QED) is 0.841. The molecule has 18 heavy (non-hydrogen) atoms. The van der Waals surface area contributed by atoms with E-state index in [0.717, 1.165) is 0 Å². The van der Waals surface area contributed by atoms with Crippen molar-refractivity contribution >= 4 is 17.6 Å². The number of rotatable bonds is 2. The first kappa shape index (κ1) is 12.1. The van der Waals surface area contributed by atoms with Gasteiger partial charge in [-0.05, 0) is 23.8 Å². The molecule has 1 N–H and O–H groups in total. The van der Waals surface area contributed by atoms with Crippen LogP contribution in [0.25, 0.3) is 11.1 Å². The molecule has 5 heteroatoms. The number of hydrogen-bond donors (Lipinski definition) is 1. The van der Waals surface area contributed by atoms with E-state index in [1.807, 2.05) is 6.07 Å². The van der Waals surface area contributed by atoms with E-state index in [0.29, 0.717) is 16.7 Å². The van der Waals surface area contributed by atoms with E-state index in [1.54, 1.807) is 24.3 Å². The van der Waals surface area contributed by atoms with Gasteiger partial charge in [0, 0.05) is 11.8 Å². The van der Waals surface area contributed by atoms with Gasteiger partial charge in [-0.2, -0.15) is 5.26 Å². The summed E-state index contributed by atoms with van der Waals surface area (Å²) in [5, 5.41) is 17.9. The van der Waals surface area contributed by atoms with E-state index in [1.165, 1.54) is 12.3 Å². The normalized spacial score (nSPS) is 9.78. The molecule has 2 aromatic rings. The molecule has 1 aromatic heterocycles. The van der Waals surface area contributed by atoms with Gasteiger partial charge < -0.3 is 5.11 Å². The summed E-state index contributed by atoms with van der Waals surface area (Å²) < 4.78 is 0. The second-order valence-electron chi connectivity index (χ2n) is 3.55. The van der Waals surface area contributed by atoms with Gasteiger partial charge in [-0.15, -0.1) is 0 Å². The molecule has 0 aliphatic carbocycles. The first-order chi connectivity index (χ1) is 8.61. The number of pyridine rings is 1. The summed E-state index contributed by atoms with van der Waals surface area (Å²) in [5.41, 5.74) is 1.74. The van der Waals surface area contributed by atoms with Crippen LogP contribution in [0, 0.1) is 11.3 Å². The fourth-order valence-electron chi connectivity index (χ4n) is 1.56. The highest BCUT2D eigenvalue weighted by atomic mass is 35.5. The van der Waals surface area contributed by atoms with E-state index in [2.05, 4.69) is 4.98 Å². The third-order valence-corrected chi connectivity index (χ3v) is 2.63. The van der Waals surface area contributed by atoms with Crippen LogP contribution in [0.1, 0.15) is 15.9 Å². The monoisotopic (exact) mass is 258 g/mol. The van der Waals surface area contributed by atoms with Gasteiger partial charge in [0.15, 0.2) is 0 Å². The molecule has 1 aromatic carbocycles. The Hall–Kier alpha value is -2.38. The Morgan fingerprint density at radius 1 is 1.33 bits per heavy atom. The predicted molar refractivity (Wildman–Crippen MR) is 66.4 cm³/mol. The molecule has 0 aliphatic rings. The van der Waals surface area contributed by atoms with Gasteiger partial charge in [0.05, 0.1) is 17.2 Å². The minimum absolute atomic E-state index is 0.0831. The molecule has 0 spiro atoms. The average molecular weight is 259 g/mol. The van der Waals surface area contributed by atoms with E-state index < -0.39 is 5.97 Å². The summed E-state index contributed by atoms with van der Waals surface area (Å²) >= 11 is 5.68. The number of aromatic nitrogens is 1. The van der Waals surface area contributed by atoms with Gasteiger partial charge >= 0.3 is 5.97 Å². The molecule has 0 aliphatic heterocycles. The van der Waals surface area contributed by atoms with Crippen molar-refractivity contribution in [2.75, 3.05) is 0 Å². The van der Waals surface area contributed by atoms with Crippen LogP contribution < -0.4 is 0 Å². The van der Waals surface area contributed by atoms with Gasteiger partial charge in [0.1, 0.15) is 5.15 Å². The highest BCUT2D eigenvalue weighted by Gasteiger charge is 2.13. The fraction of sp³-hybridized carbons (Fsp3) is 0. The summed E-state index contributed by atoms with van der Waals surface area (Å²) in [6, 6.07) is 9.90. The number of nitriles is 1. The van der Waals surface area contributed by atoms with Crippen molar-refractivity contribution in [1.29, 1.82) is 5.26 Å². The lowest BCUT2D eigenvalue weighted by molar-refractivity contribution is 0.0697. The van der Waals surface area contributed by atoms with Gasteiger partial charge in [0.25, 0.3) is 0 Å². The largest absolute Gasteiger partial charge is 0.478 e. The molecule has 0 fully saturated rings. The first-order valence-corrected chi connectivity index (χ1v) is 5.39. The standard InChI is InChI=1S/C13H7ClN2O2/c14-12-5-10(13(17)18)11(7-16-12)9-3-1-8(6-15)2-4-9/h1-5,7H,(H,17,18). The summed E-state index contributed by atoms with van der Waals surface area (Å²) in [7, 11) is 0. The maximum atomic E-state index is 11.1. The molecule has 0 saturated heterocycles. The number of aromatic carboxylic acids is 1. The third kappa shape index (κ3) is 2.31. The van der Waals surface area contributed by atoms with E-state index in [-0.39, 0.29) is 10.7 Å². The van der Waals surface area contributed by atoms with Crippen molar-refractivity contribution in [3.05, 3.63) is 52.8 Å². The Balaban J connectivity index is 2.56. The van der Waals surface area contributed by atoms with Crippen molar-refractivity contribution < 1.29 is 9.90 Å². The lowest BCUT2D eigenvalue weighted by Crippen LogP contribution is -2.00. The van der Waals surface area contributed by atoms with Crippen LogP contribution in [0.4, 0.5) is 0 Å². The summed E-state index contributed by atoms with van der Waals surface area (Å²) in [6.45, 7) is 0. The molecule has 4 nitrogen and oxygen atoms in total. The number of nitrogens with zero attached hydrogens (tertiary/aromatic N) is 2. The van der Waals surface area contributed by atoms with E-state index in [4.69, 9.17) is 22.0 Å². The zero-order valence-corrected chi connectivity index (χ0v) is 9.85. The van der Waals surface area contributed by atoms with Crippen LogP contribution in [0.15, 0.2) is 36.5 Å². The second-order valence-corrected chi connectivity index (χ2v) is 3.93. The summed E-state index contributed by atoms with van der Waals surface area (Å²) in [4.78, 5) is 15.0. The van der Waals surface area contributed by atoms with Crippen LogP contribution in [0.3, 0.4) is 0 Å². The van der Waals surface area contributed by atoms with Crippen molar-refractivity contribution in [2.45, 2.75) is 0 Å². The van der Waals surface area contributed by atoms with Crippen LogP contribution >= 0.6 is 11.6 Å². The van der Waals surface area contributed by atoms with Gasteiger partial charge in [0.2, 0.25) is 0 Å². The molecule has 0 amide bonds. The topological polar surface area (TPSA) is 74.0 Å². The Labute approximate surface area is 108 Å². The van der Waals surface area contributed by atoms with Gasteiger partial charge in [-0.25, -0.2) is 9.78 Å². The third-order valence-electron chi connectivity index (χ3n) is 2.43. The number of carboxylic acid groups (broad SMARTS) is 1. The zero-order valence-electron chi connectivity index (χ0n) is 9.09. The van der Waals surface area contributed by atoms with Crippen LogP contribution in [-0.4, -0.2) is 16.1 Å². The molecule has 2 rings (SSSR count). The van der Waals surface area contributed by atoms with E-state index >= 15 is 0 Å². The maximum absolute atomic E-state index is 11.1. The highest BCUT2D eigenvalue weighted by molar-refractivity contribution is 6.29. The lowest BCUT2D eigenvalue weighted by Gasteiger charge is -2.06. The Bertz CT molecular complexity index is 645. The Morgan fingerprint density at radius 3 is 2.56 bits per heavy atom. The van der Waals surface area contributed by atoms with Crippen molar-refractivity contribution in [1.82, 2.24) is 4.98 Å². The van der Waals surface area contributed by atoms with Crippen molar-refractivity contribution in [3.8, 4) is 17.2 Å². The van der Waals surface area contributed by atoms with Gasteiger partial charge in [-0.3, -0.25) is 0 Å². The molecular weight excluding hydrogens is 252 g/mol. The molecule has 0 bridgehead atoms. The molecule has 1 heterocycles. The average Bonchev–Trinajstić information content (AvgIpc) is 2.39. The van der Waals surface area contributed by atoms with Crippen LogP contribution in [0.2, 0.25) is 5.15 Å². The van der Waals surface area contributed by atoms with Crippen molar-refractivity contribution in [3.63, 3.8) is 0 Å². The van der Waals surface area contributed by atoms with E-state index in [9.17, 15) is 4.79 Å². The molecule has 0 radical (unpaired) electrons. The molecular formula is C13H7ClN2O2. The molecule has 88 valence electrons. The SMILES string of the molecule is N#Cc1ccc(-c2cnc(Cl)cc2C(=O)O)cc1. The predicted octanol–water partition coefficient (Wildman–Crippen LogP) is 2.97. The number of carboxylic acids is 1. The molecule has 0 unspecified atom stereocenters. The summed E-state index contributed by atoms with van der Waals surface area (Å²) in [5.74, 6) is -1.07.